The average Bonchev–Trinajstić information content (AvgIpc) is 3.31. The first-order valence-corrected chi connectivity index (χ1v) is 11.1. The Morgan fingerprint density at radius 3 is 2.82 bits per heavy atom. The average molecular weight is 390 g/mol. The molecule has 4 aliphatic rings. The fourth-order valence-corrected chi connectivity index (χ4v) is 7.31. The molecule has 1 saturated heterocycles. The van der Waals surface area contributed by atoms with Gasteiger partial charge in [0.05, 0.1) is 6.10 Å². The fraction of sp³-hybridized carbons (Fsp3) is 0.826. The van der Waals surface area contributed by atoms with Gasteiger partial charge in [-0.15, -0.1) is 0 Å². The fourth-order valence-electron chi connectivity index (χ4n) is 7.31. The lowest BCUT2D eigenvalue weighted by molar-refractivity contribution is -0.137. The van der Waals surface area contributed by atoms with Gasteiger partial charge in [-0.05, 0) is 55.9 Å². The van der Waals surface area contributed by atoms with E-state index in [1.165, 1.54) is 5.57 Å². The zero-order valence-electron chi connectivity index (χ0n) is 17.5. The summed E-state index contributed by atoms with van der Waals surface area (Å²) in [7, 11) is 0. The predicted molar refractivity (Wildman–Crippen MR) is 107 cm³/mol. The molecule has 0 aromatic carbocycles. The molecule has 1 spiro atoms. The van der Waals surface area contributed by atoms with E-state index in [2.05, 4.69) is 20.8 Å². The second-order valence-electron chi connectivity index (χ2n) is 10.3. The summed E-state index contributed by atoms with van der Waals surface area (Å²) in [6.07, 6.45) is 9.36. The molecule has 0 aromatic rings. The number of ketones is 1. The van der Waals surface area contributed by atoms with Crippen molar-refractivity contribution in [3.8, 4) is 0 Å². The van der Waals surface area contributed by atoms with E-state index in [-0.39, 0.29) is 46.7 Å². The highest BCUT2D eigenvalue weighted by molar-refractivity contribution is 5.92. The molecule has 0 bridgehead atoms. The number of carbonyl (C=O) groups is 2. The SMILES string of the molecule is CCCC1C2[C@H](N)CC3=CC(=O)CC[C@]3(C)[C@]23O[C@@H]3C[C@]1(C)CCCC(=O)O. The molecule has 3 aliphatic carbocycles. The highest BCUT2D eigenvalue weighted by atomic mass is 16.6. The van der Waals surface area contributed by atoms with Gasteiger partial charge in [0.2, 0.25) is 0 Å². The number of ether oxygens (including phenoxy) is 1. The van der Waals surface area contributed by atoms with Crippen molar-refractivity contribution < 1.29 is 19.4 Å². The highest BCUT2D eigenvalue weighted by Gasteiger charge is 2.78. The first-order valence-electron chi connectivity index (χ1n) is 11.1. The molecule has 1 heterocycles. The van der Waals surface area contributed by atoms with Crippen LogP contribution in [0.4, 0.5) is 0 Å². The third-order valence-electron chi connectivity index (χ3n) is 8.67. The lowest BCUT2D eigenvalue weighted by Crippen LogP contribution is -2.63. The van der Waals surface area contributed by atoms with Gasteiger partial charge >= 0.3 is 5.97 Å². The van der Waals surface area contributed by atoms with Crippen LogP contribution >= 0.6 is 0 Å². The first kappa shape index (κ1) is 20.1. The lowest BCUT2D eigenvalue weighted by Gasteiger charge is -2.58. The number of aliphatic carboxylic acids is 1. The number of carbonyl (C=O) groups excluding carboxylic acids is 1. The first-order chi connectivity index (χ1) is 13.2. The third kappa shape index (κ3) is 2.72. The Balaban J connectivity index is 1.69. The molecule has 0 aromatic heterocycles. The molecule has 5 nitrogen and oxygen atoms in total. The number of epoxide rings is 1. The summed E-state index contributed by atoms with van der Waals surface area (Å²) in [6, 6.07) is 0.00544. The van der Waals surface area contributed by atoms with E-state index in [1.54, 1.807) is 0 Å². The van der Waals surface area contributed by atoms with Crippen LogP contribution in [0, 0.1) is 22.7 Å². The van der Waals surface area contributed by atoms with Crippen LogP contribution in [-0.4, -0.2) is 34.6 Å². The topological polar surface area (TPSA) is 92.9 Å². The van der Waals surface area contributed by atoms with E-state index in [9.17, 15) is 9.59 Å². The van der Waals surface area contributed by atoms with Gasteiger partial charge in [-0.3, -0.25) is 9.59 Å². The largest absolute Gasteiger partial charge is 0.481 e. The Labute approximate surface area is 168 Å². The Bertz CT molecular complexity index is 717. The standard InChI is InChI=1S/C23H35NO4/c1-4-6-16-20-17(24)12-14-11-15(25)8-10-22(14,3)23(20)18(28-23)13-21(16,2)9-5-7-19(26)27/h11,16-18,20H,4-10,12-13,24H2,1-3H3,(H,26,27)/t16?,17-,18-,20?,21+,22+,23-/m1/s1. The maximum Gasteiger partial charge on any atom is 0.303 e. The third-order valence-corrected chi connectivity index (χ3v) is 8.67. The molecule has 2 saturated carbocycles. The summed E-state index contributed by atoms with van der Waals surface area (Å²) in [6.45, 7) is 6.87. The van der Waals surface area contributed by atoms with Crippen LogP contribution in [-0.2, 0) is 14.3 Å². The van der Waals surface area contributed by atoms with Crippen LogP contribution in [0.1, 0.15) is 78.6 Å². The lowest BCUT2D eigenvalue weighted by atomic mass is 9.44. The molecule has 28 heavy (non-hydrogen) atoms. The summed E-state index contributed by atoms with van der Waals surface area (Å²) in [5.74, 6) is 0.241. The molecule has 0 amide bonds. The van der Waals surface area contributed by atoms with Gasteiger partial charge < -0.3 is 15.6 Å². The summed E-state index contributed by atoms with van der Waals surface area (Å²) in [5.41, 5.74) is 7.78. The molecule has 2 unspecified atom stereocenters. The summed E-state index contributed by atoms with van der Waals surface area (Å²) < 4.78 is 6.60. The number of carboxylic acids is 1. The number of fused-ring (bicyclic) bond motifs is 1. The summed E-state index contributed by atoms with van der Waals surface area (Å²) >= 11 is 0. The van der Waals surface area contributed by atoms with E-state index >= 15 is 0 Å². The van der Waals surface area contributed by atoms with Crippen LogP contribution in [0.15, 0.2) is 11.6 Å². The van der Waals surface area contributed by atoms with Crippen molar-refractivity contribution in [2.75, 3.05) is 0 Å². The Morgan fingerprint density at radius 1 is 1.39 bits per heavy atom. The van der Waals surface area contributed by atoms with Crippen LogP contribution in [0.3, 0.4) is 0 Å². The Kier molecular flexibility index (Phi) is 4.78. The Morgan fingerprint density at radius 2 is 2.14 bits per heavy atom. The molecular weight excluding hydrogens is 354 g/mol. The number of carboxylic acid groups (broad SMARTS) is 1. The van der Waals surface area contributed by atoms with E-state index in [4.69, 9.17) is 15.6 Å². The summed E-state index contributed by atoms with van der Waals surface area (Å²) in [5, 5.41) is 9.09. The minimum Gasteiger partial charge on any atom is -0.481 e. The second kappa shape index (κ2) is 6.66. The minimum atomic E-state index is -0.716. The molecule has 5 heteroatoms. The Hall–Kier alpha value is -1.20. The second-order valence-corrected chi connectivity index (χ2v) is 10.3. The van der Waals surface area contributed by atoms with Crippen LogP contribution in [0.2, 0.25) is 0 Å². The van der Waals surface area contributed by atoms with E-state index in [1.807, 2.05) is 6.08 Å². The van der Waals surface area contributed by atoms with Crippen molar-refractivity contribution >= 4 is 11.8 Å². The number of rotatable bonds is 6. The van der Waals surface area contributed by atoms with Crippen molar-refractivity contribution in [1.82, 2.24) is 0 Å². The molecule has 3 fully saturated rings. The van der Waals surface area contributed by atoms with Crippen LogP contribution < -0.4 is 5.73 Å². The number of allylic oxidation sites excluding steroid dienone is 1. The zero-order chi connectivity index (χ0) is 20.3. The van der Waals surface area contributed by atoms with Crippen molar-refractivity contribution in [2.24, 2.45) is 28.4 Å². The molecule has 7 atom stereocenters. The minimum absolute atomic E-state index is 0.00544. The summed E-state index contributed by atoms with van der Waals surface area (Å²) in [4.78, 5) is 23.1. The molecule has 1 aliphatic heterocycles. The molecular formula is C23H35NO4. The molecule has 156 valence electrons. The predicted octanol–water partition coefficient (Wildman–Crippen LogP) is 3.85. The van der Waals surface area contributed by atoms with Gasteiger partial charge in [-0.2, -0.15) is 0 Å². The number of hydrogen-bond donors (Lipinski definition) is 2. The van der Waals surface area contributed by atoms with Crippen molar-refractivity contribution in [2.45, 2.75) is 96.3 Å². The smallest absolute Gasteiger partial charge is 0.303 e. The molecule has 0 radical (unpaired) electrons. The van der Waals surface area contributed by atoms with Gasteiger partial charge in [0.1, 0.15) is 5.60 Å². The van der Waals surface area contributed by atoms with Gasteiger partial charge in [0, 0.05) is 30.2 Å². The number of nitrogens with two attached hydrogens (primary N) is 1. The van der Waals surface area contributed by atoms with E-state index < -0.39 is 5.97 Å². The van der Waals surface area contributed by atoms with Gasteiger partial charge in [-0.25, -0.2) is 0 Å². The van der Waals surface area contributed by atoms with E-state index in [0.29, 0.717) is 18.8 Å². The monoisotopic (exact) mass is 389 g/mol. The quantitative estimate of drug-likeness (QED) is 0.673. The van der Waals surface area contributed by atoms with E-state index in [0.717, 1.165) is 38.5 Å². The van der Waals surface area contributed by atoms with Gasteiger partial charge in [-0.1, -0.05) is 32.8 Å². The normalized spacial score (nSPS) is 46.9. The molecule has 3 N–H and O–H groups in total. The van der Waals surface area contributed by atoms with Gasteiger partial charge in [0.15, 0.2) is 5.78 Å². The zero-order valence-corrected chi connectivity index (χ0v) is 17.5. The van der Waals surface area contributed by atoms with Crippen LogP contribution in [0.5, 0.6) is 0 Å². The van der Waals surface area contributed by atoms with Crippen molar-refractivity contribution in [1.29, 1.82) is 0 Å². The van der Waals surface area contributed by atoms with Crippen LogP contribution in [0.25, 0.3) is 0 Å². The van der Waals surface area contributed by atoms with Crippen molar-refractivity contribution in [3.05, 3.63) is 11.6 Å². The van der Waals surface area contributed by atoms with Crippen molar-refractivity contribution in [3.63, 3.8) is 0 Å². The highest BCUT2D eigenvalue weighted by Crippen LogP contribution is 2.73. The van der Waals surface area contributed by atoms with Gasteiger partial charge in [0.25, 0.3) is 0 Å². The maximum absolute atomic E-state index is 12.1. The maximum atomic E-state index is 12.1. The molecule has 4 rings (SSSR count). The number of hydrogen-bond acceptors (Lipinski definition) is 4.